The van der Waals surface area contributed by atoms with Crippen LogP contribution in [0.15, 0.2) is 0 Å². The van der Waals surface area contributed by atoms with Gasteiger partial charge in [-0.3, -0.25) is 4.90 Å². The number of nitrogens with zero attached hydrogens (tertiary/aromatic N) is 1. The maximum Gasteiger partial charge on any atom is 0.0538 e. The Morgan fingerprint density at radius 1 is 1.38 bits per heavy atom. The van der Waals surface area contributed by atoms with Crippen LogP contribution in [-0.2, 0) is 4.74 Å². The molecule has 0 aromatic heterocycles. The Bertz CT molecular complexity index is 263. The highest BCUT2D eigenvalue weighted by Crippen LogP contribution is 2.48. The quantitative estimate of drug-likeness (QED) is 0.757. The van der Waals surface area contributed by atoms with Crippen LogP contribution in [0.4, 0.5) is 0 Å². The van der Waals surface area contributed by atoms with Gasteiger partial charge in [0.1, 0.15) is 0 Å². The van der Waals surface area contributed by atoms with E-state index >= 15 is 0 Å². The molecule has 2 heterocycles. The largest absolute Gasteiger partial charge is 0.378 e. The molecule has 0 aromatic rings. The summed E-state index contributed by atoms with van der Waals surface area (Å²) in [6.45, 7) is 10.3. The fourth-order valence-electron chi connectivity index (χ4n) is 3.11. The molecule has 2 aliphatic heterocycles. The van der Waals surface area contributed by atoms with Gasteiger partial charge in [0.05, 0.1) is 12.7 Å². The van der Waals surface area contributed by atoms with Crippen LogP contribution in [-0.4, -0.2) is 49.8 Å². The van der Waals surface area contributed by atoms with Crippen LogP contribution in [0.3, 0.4) is 0 Å². The van der Waals surface area contributed by atoms with Crippen LogP contribution in [0, 0.1) is 11.3 Å². The molecule has 1 saturated carbocycles. The van der Waals surface area contributed by atoms with Crippen LogP contribution in [0.1, 0.15) is 26.7 Å². The maximum atomic E-state index is 5.81. The van der Waals surface area contributed by atoms with E-state index in [2.05, 4.69) is 24.1 Å². The molecule has 2 atom stereocenters. The Labute approximate surface area is 98.5 Å². The molecular formula is C13H24N2O. The third-order valence-corrected chi connectivity index (χ3v) is 4.46. The number of ether oxygens (including phenoxy) is 1. The fourth-order valence-corrected chi connectivity index (χ4v) is 3.11. The molecule has 3 nitrogen and oxygen atoms in total. The molecule has 0 amide bonds. The van der Waals surface area contributed by atoms with E-state index in [-0.39, 0.29) is 0 Å². The second kappa shape index (κ2) is 3.97. The average molecular weight is 224 g/mol. The summed E-state index contributed by atoms with van der Waals surface area (Å²) in [6, 6.07) is 0.844. The average Bonchev–Trinajstić information content (AvgIpc) is 2.90. The molecule has 2 unspecified atom stereocenters. The zero-order valence-corrected chi connectivity index (χ0v) is 10.5. The van der Waals surface area contributed by atoms with Gasteiger partial charge in [0.2, 0.25) is 0 Å². The van der Waals surface area contributed by atoms with Crippen molar-refractivity contribution in [3.8, 4) is 0 Å². The van der Waals surface area contributed by atoms with Crippen molar-refractivity contribution < 1.29 is 4.74 Å². The first kappa shape index (κ1) is 11.0. The molecule has 0 aromatic carbocycles. The molecular weight excluding hydrogens is 200 g/mol. The first-order valence-corrected chi connectivity index (χ1v) is 6.75. The lowest BCUT2D eigenvalue weighted by Gasteiger charge is -2.45. The van der Waals surface area contributed by atoms with Gasteiger partial charge in [0.15, 0.2) is 0 Å². The summed E-state index contributed by atoms with van der Waals surface area (Å²) in [5.41, 5.74) is 0.526. The van der Waals surface area contributed by atoms with Gasteiger partial charge in [-0.05, 0) is 26.7 Å². The molecule has 2 saturated heterocycles. The van der Waals surface area contributed by atoms with Gasteiger partial charge in [0, 0.05) is 43.6 Å². The Hall–Kier alpha value is -0.120. The molecule has 3 aliphatic rings. The lowest BCUT2D eigenvalue weighted by molar-refractivity contribution is -0.00967. The third-order valence-electron chi connectivity index (χ3n) is 4.46. The minimum atomic E-state index is 0.384. The monoisotopic (exact) mass is 224 g/mol. The number of hydrogen-bond acceptors (Lipinski definition) is 3. The number of nitrogens with one attached hydrogen (secondary N) is 1. The van der Waals surface area contributed by atoms with Gasteiger partial charge in [-0.1, -0.05) is 0 Å². The van der Waals surface area contributed by atoms with Crippen molar-refractivity contribution in [2.45, 2.75) is 38.8 Å². The zero-order valence-electron chi connectivity index (χ0n) is 10.5. The van der Waals surface area contributed by atoms with Gasteiger partial charge >= 0.3 is 0 Å². The van der Waals surface area contributed by atoms with E-state index in [1.54, 1.807) is 0 Å². The standard InChI is InChI=1S/C13H24N2O/c1-10(2)16-9-13(3-4-13)8-15-7-11-5-14-6-12(11)15/h10-12,14H,3-9H2,1-2H3. The van der Waals surface area contributed by atoms with E-state index in [0.29, 0.717) is 11.5 Å². The molecule has 0 radical (unpaired) electrons. The highest BCUT2D eigenvalue weighted by Gasteiger charge is 2.50. The van der Waals surface area contributed by atoms with E-state index in [9.17, 15) is 0 Å². The molecule has 0 spiro atoms. The van der Waals surface area contributed by atoms with Crippen molar-refractivity contribution in [3.63, 3.8) is 0 Å². The summed E-state index contributed by atoms with van der Waals surface area (Å²) < 4.78 is 5.81. The number of fused-ring (bicyclic) bond motifs is 1. The molecule has 3 fully saturated rings. The van der Waals surface area contributed by atoms with E-state index in [1.165, 1.54) is 39.0 Å². The lowest BCUT2D eigenvalue weighted by Crippen LogP contribution is -2.57. The predicted octanol–water partition coefficient (Wildman–Crippen LogP) is 1.10. The maximum absolute atomic E-state index is 5.81. The Morgan fingerprint density at radius 3 is 2.81 bits per heavy atom. The van der Waals surface area contributed by atoms with Gasteiger partial charge in [-0.2, -0.15) is 0 Å². The third kappa shape index (κ3) is 2.01. The van der Waals surface area contributed by atoms with Crippen LogP contribution in [0.5, 0.6) is 0 Å². The van der Waals surface area contributed by atoms with Gasteiger partial charge in [-0.25, -0.2) is 0 Å². The molecule has 1 aliphatic carbocycles. The van der Waals surface area contributed by atoms with E-state index in [0.717, 1.165) is 18.6 Å². The second-order valence-corrected chi connectivity index (χ2v) is 6.27. The smallest absolute Gasteiger partial charge is 0.0538 e. The van der Waals surface area contributed by atoms with Gasteiger partial charge < -0.3 is 10.1 Å². The summed E-state index contributed by atoms with van der Waals surface area (Å²) in [5.74, 6) is 0.946. The zero-order chi connectivity index (χ0) is 11.2. The van der Waals surface area contributed by atoms with Crippen molar-refractivity contribution in [3.05, 3.63) is 0 Å². The van der Waals surface area contributed by atoms with Crippen molar-refractivity contribution in [2.75, 3.05) is 32.8 Å². The number of hydrogen-bond donors (Lipinski definition) is 1. The van der Waals surface area contributed by atoms with Crippen LogP contribution < -0.4 is 5.32 Å². The van der Waals surface area contributed by atoms with Crippen molar-refractivity contribution >= 4 is 0 Å². The normalized spacial score (nSPS) is 36.2. The highest BCUT2D eigenvalue weighted by atomic mass is 16.5. The molecule has 92 valence electrons. The van der Waals surface area contributed by atoms with E-state index in [1.807, 2.05) is 0 Å². The highest BCUT2D eigenvalue weighted by molar-refractivity contribution is 5.04. The lowest BCUT2D eigenvalue weighted by atomic mass is 9.90. The Balaban J connectivity index is 1.47. The van der Waals surface area contributed by atoms with Crippen LogP contribution in [0.2, 0.25) is 0 Å². The second-order valence-electron chi connectivity index (χ2n) is 6.27. The first-order chi connectivity index (χ1) is 7.69. The minimum Gasteiger partial charge on any atom is -0.378 e. The van der Waals surface area contributed by atoms with Crippen molar-refractivity contribution in [2.24, 2.45) is 11.3 Å². The topological polar surface area (TPSA) is 24.5 Å². The summed E-state index contributed by atoms with van der Waals surface area (Å²) in [6.07, 6.45) is 3.14. The molecule has 3 rings (SSSR count). The van der Waals surface area contributed by atoms with Gasteiger partial charge in [0.25, 0.3) is 0 Å². The first-order valence-electron chi connectivity index (χ1n) is 6.75. The minimum absolute atomic E-state index is 0.384. The molecule has 3 heteroatoms. The van der Waals surface area contributed by atoms with Crippen molar-refractivity contribution in [1.29, 1.82) is 0 Å². The van der Waals surface area contributed by atoms with E-state index < -0.39 is 0 Å². The molecule has 16 heavy (non-hydrogen) atoms. The van der Waals surface area contributed by atoms with E-state index in [4.69, 9.17) is 4.74 Å². The van der Waals surface area contributed by atoms with Crippen LogP contribution in [0.25, 0.3) is 0 Å². The number of rotatable bonds is 5. The molecule has 1 N–H and O–H groups in total. The fraction of sp³-hybridized carbons (Fsp3) is 1.00. The predicted molar refractivity (Wildman–Crippen MR) is 64.5 cm³/mol. The number of likely N-dealkylation sites (tertiary alicyclic amines) is 1. The summed E-state index contributed by atoms with van der Waals surface area (Å²) >= 11 is 0. The van der Waals surface area contributed by atoms with Crippen LogP contribution >= 0.6 is 0 Å². The summed E-state index contributed by atoms with van der Waals surface area (Å²) in [5, 5.41) is 3.50. The summed E-state index contributed by atoms with van der Waals surface area (Å²) in [4.78, 5) is 2.68. The molecule has 0 bridgehead atoms. The Kier molecular flexibility index (Phi) is 2.73. The van der Waals surface area contributed by atoms with Crippen molar-refractivity contribution in [1.82, 2.24) is 10.2 Å². The SMILES string of the molecule is CC(C)OCC1(CN2CC3CNCC32)CC1. The Morgan fingerprint density at radius 2 is 2.19 bits per heavy atom. The summed E-state index contributed by atoms with van der Waals surface area (Å²) in [7, 11) is 0. The van der Waals surface area contributed by atoms with Gasteiger partial charge in [-0.15, -0.1) is 0 Å².